The van der Waals surface area contributed by atoms with Crippen LogP contribution in [0.25, 0.3) is 10.9 Å². The zero-order valence-electron chi connectivity index (χ0n) is 13.5. The number of aromatic nitrogens is 1. The highest BCUT2D eigenvalue weighted by Crippen LogP contribution is 2.23. The van der Waals surface area contributed by atoms with E-state index in [1.807, 2.05) is 12.1 Å². The molecule has 0 radical (unpaired) electrons. The highest BCUT2D eigenvalue weighted by molar-refractivity contribution is 8.02. The summed E-state index contributed by atoms with van der Waals surface area (Å²) < 4.78 is 25.0. The number of hydrogen-bond acceptors (Lipinski definition) is 4. The number of nitrogens with one attached hydrogen (secondary N) is 1. The quantitative estimate of drug-likeness (QED) is 0.762. The lowest BCUT2D eigenvalue weighted by molar-refractivity contribution is -0.118. The first-order valence-electron chi connectivity index (χ1n) is 8.16. The van der Waals surface area contributed by atoms with E-state index in [0.717, 1.165) is 13.0 Å². The van der Waals surface area contributed by atoms with Gasteiger partial charge in [-0.25, -0.2) is 8.42 Å². The number of rotatable bonds is 7. The average molecular weight is 367 g/mol. The summed E-state index contributed by atoms with van der Waals surface area (Å²) in [6.45, 7) is 1.50. The van der Waals surface area contributed by atoms with Crippen LogP contribution in [-0.4, -0.2) is 47.9 Å². The lowest BCUT2D eigenvalue weighted by Gasteiger charge is -2.09. The Morgan fingerprint density at radius 1 is 1.29 bits per heavy atom. The Hall–Kier alpha value is -1.47. The standard InChI is InChI=1S/C17H22N2O3S2/c20-17(12-23-15-7-11-24(21,22)13-15)18-8-3-9-19-10-6-14-4-1-2-5-16(14)19/h1-2,4-6,10,15H,3,7-9,11-13H2,(H,18,20). The molecule has 3 rings (SSSR count). The van der Waals surface area contributed by atoms with Crippen molar-refractivity contribution in [1.29, 1.82) is 0 Å². The molecule has 0 bridgehead atoms. The van der Waals surface area contributed by atoms with Crippen LogP contribution in [0.4, 0.5) is 0 Å². The first-order valence-corrected chi connectivity index (χ1v) is 11.0. The van der Waals surface area contributed by atoms with E-state index in [-0.39, 0.29) is 22.7 Å². The van der Waals surface area contributed by atoms with Crippen LogP contribution < -0.4 is 5.32 Å². The molecule has 24 heavy (non-hydrogen) atoms. The minimum absolute atomic E-state index is 0.0123. The molecule has 1 fully saturated rings. The molecule has 1 unspecified atom stereocenters. The van der Waals surface area contributed by atoms with Crippen LogP contribution in [0.1, 0.15) is 12.8 Å². The summed E-state index contributed by atoms with van der Waals surface area (Å²) in [5.74, 6) is 0.803. The molecule has 7 heteroatoms. The minimum Gasteiger partial charge on any atom is -0.355 e. The molecule has 1 aliphatic rings. The van der Waals surface area contributed by atoms with E-state index in [1.54, 1.807) is 0 Å². The SMILES string of the molecule is O=C(CSC1CCS(=O)(=O)C1)NCCCn1ccc2ccccc21. The van der Waals surface area contributed by atoms with Gasteiger partial charge < -0.3 is 9.88 Å². The molecule has 1 aromatic heterocycles. The van der Waals surface area contributed by atoms with Gasteiger partial charge in [0.25, 0.3) is 0 Å². The van der Waals surface area contributed by atoms with Gasteiger partial charge in [-0.2, -0.15) is 0 Å². The van der Waals surface area contributed by atoms with Gasteiger partial charge in [-0.1, -0.05) is 18.2 Å². The molecular formula is C17H22N2O3S2. The highest BCUT2D eigenvalue weighted by atomic mass is 32.2. The van der Waals surface area contributed by atoms with E-state index in [4.69, 9.17) is 0 Å². The summed E-state index contributed by atoms with van der Waals surface area (Å²) in [6.07, 6.45) is 3.61. The predicted octanol–water partition coefficient (Wildman–Crippen LogP) is 2.07. The van der Waals surface area contributed by atoms with Gasteiger partial charge in [0.05, 0.1) is 17.3 Å². The molecule has 0 spiro atoms. The molecule has 130 valence electrons. The van der Waals surface area contributed by atoms with Gasteiger partial charge >= 0.3 is 0 Å². The fourth-order valence-electron chi connectivity index (χ4n) is 2.95. The number of nitrogens with zero attached hydrogens (tertiary/aromatic N) is 1. The van der Waals surface area contributed by atoms with Crippen molar-refractivity contribution in [3.63, 3.8) is 0 Å². The molecule has 0 aliphatic carbocycles. The molecule has 1 aromatic carbocycles. The van der Waals surface area contributed by atoms with Crippen molar-refractivity contribution in [3.8, 4) is 0 Å². The number of sulfone groups is 1. The van der Waals surface area contributed by atoms with Crippen LogP contribution in [0, 0.1) is 0 Å². The fraction of sp³-hybridized carbons (Fsp3) is 0.471. The van der Waals surface area contributed by atoms with E-state index in [2.05, 4.69) is 34.3 Å². The normalized spacial score (nSPS) is 19.6. The maximum Gasteiger partial charge on any atom is 0.230 e. The Morgan fingerprint density at radius 3 is 2.92 bits per heavy atom. The molecule has 1 N–H and O–H groups in total. The van der Waals surface area contributed by atoms with E-state index >= 15 is 0 Å². The molecular weight excluding hydrogens is 344 g/mol. The fourth-order valence-corrected chi connectivity index (χ4v) is 6.42. The van der Waals surface area contributed by atoms with Crippen LogP contribution in [0.3, 0.4) is 0 Å². The van der Waals surface area contributed by atoms with Gasteiger partial charge in [-0.3, -0.25) is 4.79 Å². The maximum absolute atomic E-state index is 11.8. The lowest BCUT2D eigenvalue weighted by atomic mass is 10.2. The Labute approximate surface area is 146 Å². The van der Waals surface area contributed by atoms with Crippen molar-refractivity contribution >= 4 is 38.4 Å². The third kappa shape index (κ3) is 4.54. The Bertz CT molecular complexity index is 814. The number of para-hydroxylation sites is 1. The van der Waals surface area contributed by atoms with Crippen molar-refractivity contribution < 1.29 is 13.2 Å². The zero-order valence-corrected chi connectivity index (χ0v) is 15.1. The van der Waals surface area contributed by atoms with Crippen molar-refractivity contribution in [2.75, 3.05) is 23.8 Å². The number of amides is 1. The van der Waals surface area contributed by atoms with Crippen LogP contribution in [-0.2, 0) is 21.2 Å². The van der Waals surface area contributed by atoms with Gasteiger partial charge in [-0.15, -0.1) is 11.8 Å². The minimum atomic E-state index is -2.86. The Balaban J connectivity index is 1.35. The van der Waals surface area contributed by atoms with Gasteiger partial charge in [0.2, 0.25) is 5.91 Å². The Morgan fingerprint density at radius 2 is 2.12 bits per heavy atom. The molecule has 1 aliphatic heterocycles. The molecule has 0 saturated carbocycles. The monoisotopic (exact) mass is 366 g/mol. The summed E-state index contributed by atoms with van der Waals surface area (Å²) in [5.41, 5.74) is 1.21. The van der Waals surface area contributed by atoms with Crippen molar-refractivity contribution in [1.82, 2.24) is 9.88 Å². The van der Waals surface area contributed by atoms with Gasteiger partial charge in [-0.05, 0) is 30.4 Å². The smallest absolute Gasteiger partial charge is 0.230 e. The molecule has 5 nitrogen and oxygen atoms in total. The lowest BCUT2D eigenvalue weighted by Crippen LogP contribution is -2.27. The maximum atomic E-state index is 11.8. The van der Waals surface area contributed by atoms with Gasteiger partial charge in [0, 0.05) is 30.1 Å². The van der Waals surface area contributed by atoms with E-state index in [9.17, 15) is 13.2 Å². The average Bonchev–Trinajstić information content (AvgIpc) is 3.13. The van der Waals surface area contributed by atoms with Crippen molar-refractivity contribution in [3.05, 3.63) is 36.5 Å². The summed E-state index contributed by atoms with van der Waals surface area (Å²) >= 11 is 1.46. The van der Waals surface area contributed by atoms with Crippen molar-refractivity contribution in [2.24, 2.45) is 0 Å². The second-order valence-electron chi connectivity index (χ2n) is 6.11. The third-order valence-corrected chi connectivity index (χ3v) is 7.50. The van der Waals surface area contributed by atoms with E-state index < -0.39 is 9.84 Å². The van der Waals surface area contributed by atoms with Crippen LogP contribution in [0.2, 0.25) is 0 Å². The zero-order chi connectivity index (χ0) is 17.0. The molecule has 2 aromatic rings. The van der Waals surface area contributed by atoms with Crippen molar-refractivity contribution in [2.45, 2.75) is 24.6 Å². The number of hydrogen-bond donors (Lipinski definition) is 1. The second-order valence-corrected chi connectivity index (χ2v) is 9.62. The number of carbonyl (C=O) groups excluding carboxylic acids is 1. The van der Waals surface area contributed by atoms with E-state index in [0.29, 0.717) is 18.7 Å². The number of benzene rings is 1. The second kappa shape index (κ2) is 7.61. The van der Waals surface area contributed by atoms with Crippen LogP contribution in [0.5, 0.6) is 0 Å². The highest BCUT2D eigenvalue weighted by Gasteiger charge is 2.28. The summed E-state index contributed by atoms with van der Waals surface area (Å²) in [7, 11) is -2.86. The summed E-state index contributed by atoms with van der Waals surface area (Å²) in [4.78, 5) is 11.8. The van der Waals surface area contributed by atoms with Gasteiger partial charge in [0.15, 0.2) is 9.84 Å². The number of thioether (sulfide) groups is 1. The van der Waals surface area contributed by atoms with Crippen LogP contribution in [0.15, 0.2) is 36.5 Å². The topological polar surface area (TPSA) is 68.2 Å². The molecule has 1 amide bonds. The molecule has 1 saturated heterocycles. The first kappa shape index (κ1) is 17.4. The Kier molecular flexibility index (Phi) is 5.50. The molecule has 1 atom stereocenters. The summed E-state index contributed by atoms with van der Waals surface area (Å²) in [6, 6.07) is 10.3. The van der Waals surface area contributed by atoms with Crippen LogP contribution >= 0.6 is 11.8 Å². The third-order valence-electron chi connectivity index (χ3n) is 4.22. The predicted molar refractivity (Wildman–Crippen MR) is 99.1 cm³/mol. The van der Waals surface area contributed by atoms with Gasteiger partial charge in [0.1, 0.15) is 0 Å². The first-order chi connectivity index (χ1) is 11.5. The largest absolute Gasteiger partial charge is 0.355 e. The summed E-state index contributed by atoms with van der Waals surface area (Å²) in [5, 5.41) is 4.22. The van der Waals surface area contributed by atoms with E-state index in [1.165, 1.54) is 22.7 Å². The number of fused-ring (bicyclic) bond motifs is 1. The number of carbonyl (C=O) groups is 1. The molecule has 2 heterocycles. The number of aryl methyl sites for hydroxylation is 1.